The molecule has 2 aromatic heterocycles. The highest BCUT2D eigenvalue weighted by Crippen LogP contribution is 2.11. The van der Waals surface area contributed by atoms with Crippen LogP contribution in [0.25, 0.3) is 0 Å². The van der Waals surface area contributed by atoms with Gasteiger partial charge in [-0.25, -0.2) is 18.4 Å². The maximum absolute atomic E-state index is 12.2. The maximum atomic E-state index is 12.2. The molecule has 0 fully saturated rings. The van der Waals surface area contributed by atoms with E-state index in [0.29, 0.717) is 11.9 Å². The molecule has 0 spiro atoms. The van der Waals surface area contributed by atoms with E-state index in [-0.39, 0.29) is 16.5 Å². The van der Waals surface area contributed by atoms with Crippen LogP contribution >= 0.6 is 0 Å². The van der Waals surface area contributed by atoms with Gasteiger partial charge in [0.2, 0.25) is 5.95 Å². The highest BCUT2D eigenvalue weighted by molar-refractivity contribution is 7.90. The third-order valence-electron chi connectivity index (χ3n) is 2.88. The topological polar surface area (TPSA) is 94.0 Å². The Morgan fingerprint density at radius 3 is 2.59 bits per heavy atom. The first-order valence-electron chi connectivity index (χ1n) is 6.76. The molecule has 118 valence electrons. The quantitative estimate of drug-likeness (QED) is 0.902. The molecule has 0 bridgehead atoms. The molecule has 0 unspecified atom stereocenters. The Morgan fingerprint density at radius 2 is 2.05 bits per heavy atom. The fraction of sp³-hybridized carbons (Fsp3) is 0.357. The molecule has 22 heavy (non-hydrogen) atoms. The Balaban J connectivity index is 2.14. The minimum absolute atomic E-state index is 0.0645. The summed E-state index contributed by atoms with van der Waals surface area (Å²) >= 11 is 0. The number of sulfone groups is 1. The van der Waals surface area contributed by atoms with Crippen LogP contribution in [0.4, 0.5) is 5.95 Å². The largest absolute Gasteiger partial charge is 0.317 e. The summed E-state index contributed by atoms with van der Waals surface area (Å²) in [5.41, 5.74) is 0.270. The summed E-state index contributed by atoms with van der Waals surface area (Å²) in [5, 5.41) is 2.63. The minimum Gasteiger partial charge on any atom is -0.317 e. The first-order chi connectivity index (χ1) is 10.3. The average molecular weight is 322 g/mol. The van der Waals surface area contributed by atoms with Gasteiger partial charge >= 0.3 is 0 Å². The van der Waals surface area contributed by atoms with E-state index >= 15 is 0 Å². The number of aromatic nitrogens is 3. The van der Waals surface area contributed by atoms with Crippen molar-refractivity contribution in [2.75, 3.05) is 11.6 Å². The Kier molecular flexibility index (Phi) is 4.60. The van der Waals surface area contributed by atoms with Gasteiger partial charge < -0.3 is 4.57 Å². The van der Waals surface area contributed by atoms with Gasteiger partial charge in [-0.15, -0.1) is 0 Å². The van der Waals surface area contributed by atoms with Crippen molar-refractivity contribution in [1.82, 2.24) is 14.5 Å². The smallest absolute Gasteiger partial charge is 0.259 e. The standard InChI is InChI=1S/C14H18N4O3S/c1-10(2)9-18-7-6-15-14(18)17-13(19)11-4-5-12(16-8-11)22(3,20)21/h4-8,10H,9H2,1-3H3,(H,15,17,19). The van der Waals surface area contributed by atoms with Crippen LogP contribution in [0.5, 0.6) is 0 Å². The second kappa shape index (κ2) is 6.27. The van der Waals surface area contributed by atoms with Crippen molar-refractivity contribution < 1.29 is 13.2 Å². The lowest BCUT2D eigenvalue weighted by atomic mass is 10.2. The van der Waals surface area contributed by atoms with Crippen molar-refractivity contribution in [3.63, 3.8) is 0 Å². The van der Waals surface area contributed by atoms with Gasteiger partial charge in [0.05, 0.1) is 5.56 Å². The highest BCUT2D eigenvalue weighted by Gasteiger charge is 2.13. The number of nitrogens with zero attached hydrogens (tertiary/aromatic N) is 3. The van der Waals surface area contributed by atoms with Crippen LogP contribution in [0, 0.1) is 5.92 Å². The first-order valence-corrected chi connectivity index (χ1v) is 8.65. The molecule has 8 heteroatoms. The molecule has 1 N–H and O–H groups in total. The van der Waals surface area contributed by atoms with Crippen molar-refractivity contribution in [3.8, 4) is 0 Å². The molecule has 0 radical (unpaired) electrons. The second-order valence-corrected chi connectivity index (χ2v) is 7.37. The van der Waals surface area contributed by atoms with Gasteiger partial charge in [0.15, 0.2) is 14.9 Å². The predicted molar refractivity (Wildman–Crippen MR) is 82.4 cm³/mol. The van der Waals surface area contributed by atoms with Crippen LogP contribution in [0.15, 0.2) is 35.7 Å². The van der Waals surface area contributed by atoms with Crippen molar-refractivity contribution in [3.05, 3.63) is 36.3 Å². The molecule has 0 atom stereocenters. The van der Waals surface area contributed by atoms with Gasteiger partial charge in [-0.1, -0.05) is 13.8 Å². The fourth-order valence-electron chi connectivity index (χ4n) is 1.88. The molecular formula is C14H18N4O3S. The van der Waals surface area contributed by atoms with Crippen molar-refractivity contribution >= 4 is 21.7 Å². The summed E-state index contributed by atoms with van der Waals surface area (Å²) in [7, 11) is -3.37. The Morgan fingerprint density at radius 1 is 1.32 bits per heavy atom. The highest BCUT2D eigenvalue weighted by atomic mass is 32.2. The number of hydrogen-bond donors (Lipinski definition) is 1. The van der Waals surface area contributed by atoms with Gasteiger partial charge in [-0.2, -0.15) is 0 Å². The third kappa shape index (κ3) is 3.91. The summed E-state index contributed by atoms with van der Waals surface area (Å²) in [4.78, 5) is 20.1. The lowest BCUT2D eigenvalue weighted by Crippen LogP contribution is -2.17. The molecule has 7 nitrogen and oxygen atoms in total. The van der Waals surface area contributed by atoms with Gasteiger partial charge in [-0.05, 0) is 18.1 Å². The van der Waals surface area contributed by atoms with Crippen LogP contribution in [0.1, 0.15) is 24.2 Å². The Labute approximate surface area is 129 Å². The van der Waals surface area contributed by atoms with Gasteiger partial charge in [0, 0.05) is 31.4 Å². The van der Waals surface area contributed by atoms with E-state index in [2.05, 4.69) is 29.1 Å². The van der Waals surface area contributed by atoms with E-state index in [1.165, 1.54) is 18.3 Å². The number of carbonyl (C=O) groups is 1. The van der Waals surface area contributed by atoms with E-state index < -0.39 is 9.84 Å². The zero-order valence-electron chi connectivity index (χ0n) is 12.6. The summed E-state index contributed by atoms with van der Waals surface area (Å²) < 4.78 is 24.5. The van der Waals surface area contributed by atoms with Crippen molar-refractivity contribution in [1.29, 1.82) is 0 Å². The van der Waals surface area contributed by atoms with Crippen LogP contribution < -0.4 is 5.32 Å². The number of pyridine rings is 1. The van der Waals surface area contributed by atoms with Gasteiger partial charge in [-0.3, -0.25) is 10.1 Å². The van der Waals surface area contributed by atoms with Crippen LogP contribution in [0.2, 0.25) is 0 Å². The number of hydrogen-bond acceptors (Lipinski definition) is 5. The average Bonchev–Trinajstić information content (AvgIpc) is 2.84. The lowest BCUT2D eigenvalue weighted by Gasteiger charge is -2.11. The second-order valence-electron chi connectivity index (χ2n) is 5.41. The van der Waals surface area contributed by atoms with Crippen molar-refractivity contribution in [2.45, 2.75) is 25.4 Å². The Bertz CT molecular complexity index is 764. The normalized spacial score (nSPS) is 11.6. The van der Waals surface area contributed by atoms with Crippen molar-refractivity contribution in [2.24, 2.45) is 5.92 Å². The van der Waals surface area contributed by atoms with E-state index in [0.717, 1.165) is 12.8 Å². The maximum Gasteiger partial charge on any atom is 0.259 e. The predicted octanol–water partition coefficient (Wildman–Crippen LogP) is 1.59. The number of amides is 1. The SMILES string of the molecule is CC(C)Cn1ccnc1NC(=O)c1ccc(S(C)(=O)=O)nc1. The molecule has 1 amide bonds. The molecule has 2 aromatic rings. The van der Waals surface area contributed by atoms with Crippen LogP contribution in [-0.4, -0.2) is 35.1 Å². The zero-order valence-corrected chi connectivity index (χ0v) is 13.5. The molecule has 0 aliphatic heterocycles. The Hall–Kier alpha value is -2.22. The number of anilines is 1. The summed E-state index contributed by atoms with van der Waals surface area (Å²) in [6.45, 7) is 4.87. The molecule has 2 rings (SSSR count). The number of imidazole rings is 1. The fourth-order valence-corrected chi connectivity index (χ4v) is 2.44. The minimum atomic E-state index is -3.37. The number of rotatable bonds is 5. The van der Waals surface area contributed by atoms with Gasteiger partial charge in [0.1, 0.15) is 0 Å². The van der Waals surface area contributed by atoms with E-state index in [4.69, 9.17) is 0 Å². The molecule has 0 saturated heterocycles. The zero-order chi connectivity index (χ0) is 16.3. The van der Waals surface area contributed by atoms with Crippen LogP contribution in [-0.2, 0) is 16.4 Å². The monoisotopic (exact) mass is 322 g/mol. The van der Waals surface area contributed by atoms with Crippen LogP contribution in [0.3, 0.4) is 0 Å². The third-order valence-corrected chi connectivity index (χ3v) is 3.88. The summed E-state index contributed by atoms with van der Waals surface area (Å²) in [6.07, 6.45) is 5.71. The molecule has 0 saturated carbocycles. The van der Waals surface area contributed by atoms with E-state index in [1.54, 1.807) is 12.4 Å². The van der Waals surface area contributed by atoms with E-state index in [9.17, 15) is 13.2 Å². The molecular weight excluding hydrogens is 304 g/mol. The lowest BCUT2D eigenvalue weighted by molar-refractivity contribution is 0.102. The van der Waals surface area contributed by atoms with Gasteiger partial charge in [0.25, 0.3) is 5.91 Å². The number of nitrogens with one attached hydrogen (secondary N) is 1. The molecule has 0 aliphatic carbocycles. The summed E-state index contributed by atoms with van der Waals surface area (Å²) in [6, 6.07) is 2.74. The summed E-state index contributed by atoms with van der Waals surface area (Å²) in [5.74, 6) is 0.482. The molecule has 0 aromatic carbocycles. The molecule has 2 heterocycles. The first kappa shape index (κ1) is 16.2. The van der Waals surface area contributed by atoms with E-state index in [1.807, 2.05) is 4.57 Å². The molecule has 0 aliphatic rings. The number of carbonyl (C=O) groups excluding carboxylic acids is 1.